The van der Waals surface area contributed by atoms with Gasteiger partial charge in [-0.2, -0.15) is 0 Å². The molecule has 0 spiro atoms. The van der Waals surface area contributed by atoms with Crippen molar-refractivity contribution in [2.45, 2.75) is 85.5 Å². The van der Waals surface area contributed by atoms with E-state index in [9.17, 15) is 19.2 Å². The Kier molecular flexibility index (Phi) is 11.6. The molecule has 0 aliphatic heterocycles. The summed E-state index contributed by atoms with van der Waals surface area (Å²) in [6.45, 7) is 13.1. The van der Waals surface area contributed by atoms with Crippen molar-refractivity contribution >= 4 is 35.2 Å². The third-order valence-corrected chi connectivity index (χ3v) is 7.62. The summed E-state index contributed by atoms with van der Waals surface area (Å²) in [6.07, 6.45) is 3.18. The van der Waals surface area contributed by atoms with Gasteiger partial charge in [0.1, 0.15) is 40.9 Å². The van der Waals surface area contributed by atoms with E-state index in [1.807, 2.05) is 27.7 Å². The van der Waals surface area contributed by atoms with Crippen LogP contribution in [0.5, 0.6) is 0 Å². The molecule has 14 nitrogen and oxygen atoms in total. The van der Waals surface area contributed by atoms with Gasteiger partial charge in [-0.15, -0.1) is 11.3 Å². The molecule has 0 bridgehead atoms. The van der Waals surface area contributed by atoms with Gasteiger partial charge in [0, 0.05) is 5.38 Å². The molecule has 0 aromatic carbocycles. The largest absolute Gasteiger partial charge is 0.464 e. The zero-order valence-electron chi connectivity index (χ0n) is 26.2. The zero-order valence-corrected chi connectivity index (χ0v) is 27.0. The van der Waals surface area contributed by atoms with Gasteiger partial charge in [0.25, 0.3) is 11.8 Å². The predicted molar refractivity (Wildman–Crippen MR) is 159 cm³/mol. The second kappa shape index (κ2) is 14.9. The number of esters is 1. The molecule has 0 radical (unpaired) electrons. The van der Waals surface area contributed by atoms with Gasteiger partial charge in [0.15, 0.2) is 11.4 Å². The first-order valence-electron chi connectivity index (χ1n) is 14.3. The van der Waals surface area contributed by atoms with Crippen LogP contribution in [0.3, 0.4) is 0 Å². The van der Waals surface area contributed by atoms with E-state index in [0.717, 1.165) is 0 Å². The molecule has 3 N–H and O–H groups in total. The van der Waals surface area contributed by atoms with Gasteiger partial charge in [-0.1, -0.05) is 40.5 Å². The first-order valence-corrected chi connectivity index (χ1v) is 15.2. The van der Waals surface area contributed by atoms with E-state index in [2.05, 4.69) is 35.6 Å². The highest BCUT2D eigenvalue weighted by molar-refractivity contribution is 7.09. The van der Waals surface area contributed by atoms with Crippen LogP contribution in [-0.4, -0.2) is 51.5 Å². The third-order valence-electron chi connectivity index (χ3n) is 6.77. The molecule has 3 rings (SSSR count). The summed E-state index contributed by atoms with van der Waals surface area (Å²) in [7, 11) is 1.24. The quantitative estimate of drug-likeness (QED) is 0.216. The van der Waals surface area contributed by atoms with Gasteiger partial charge >= 0.3 is 12.1 Å². The van der Waals surface area contributed by atoms with Crippen LogP contribution in [0.2, 0.25) is 0 Å². The van der Waals surface area contributed by atoms with Gasteiger partial charge in [-0.25, -0.2) is 24.5 Å². The highest BCUT2D eigenvalue weighted by atomic mass is 32.1. The Morgan fingerprint density at radius 3 is 1.91 bits per heavy atom. The lowest BCUT2D eigenvalue weighted by molar-refractivity contribution is 0.0522. The number of hydrogen-bond acceptors (Lipinski definition) is 12. The molecule has 0 fully saturated rings. The Balaban J connectivity index is 1.71. The van der Waals surface area contributed by atoms with E-state index in [1.165, 1.54) is 31.0 Å². The van der Waals surface area contributed by atoms with Crippen LogP contribution < -0.4 is 16.0 Å². The molecule has 44 heavy (non-hydrogen) atoms. The number of ether oxygens (including phenoxy) is 2. The van der Waals surface area contributed by atoms with Crippen molar-refractivity contribution in [1.82, 2.24) is 30.9 Å². The van der Waals surface area contributed by atoms with Crippen molar-refractivity contribution in [2.75, 3.05) is 7.11 Å². The summed E-state index contributed by atoms with van der Waals surface area (Å²) in [4.78, 5) is 63.0. The van der Waals surface area contributed by atoms with Crippen molar-refractivity contribution in [2.24, 2.45) is 11.8 Å². The molecule has 15 heteroatoms. The Morgan fingerprint density at radius 1 is 0.864 bits per heavy atom. The summed E-state index contributed by atoms with van der Waals surface area (Å²) in [5.41, 5.74) is -0.472. The minimum Gasteiger partial charge on any atom is -0.464 e. The molecule has 240 valence electrons. The van der Waals surface area contributed by atoms with Crippen molar-refractivity contribution in [1.29, 1.82) is 0 Å². The molecule has 0 unspecified atom stereocenters. The number of hydrogen-bond donors (Lipinski definition) is 3. The Bertz CT molecular complexity index is 1440. The fraction of sp³-hybridized carbons (Fsp3) is 0.552. The SMILES string of the molecule is CC[C@H](C)[C@H](NC(=O)c1csc(CNC(=O)OC(C)(C)C)n1)c1nc(C(=O)N[C@H](c2nc(C(=O)OC)co2)[C@@H](C)CC)co1. The van der Waals surface area contributed by atoms with E-state index >= 15 is 0 Å². The second-order valence-electron chi connectivity index (χ2n) is 11.3. The number of aromatic nitrogens is 3. The fourth-order valence-corrected chi connectivity index (χ4v) is 4.63. The zero-order chi connectivity index (χ0) is 32.6. The maximum absolute atomic E-state index is 13.2. The average molecular weight is 633 g/mol. The number of rotatable bonds is 13. The van der Waals surface area contributed by atoms with E-state index in [-0.39, 0.29) is 47.2 Å². The third kappa shape index (κ3) is 9.11. The Morgan fingerprint density at radius 2 is 1.39 bits per heavy atom. The summed E-state index contributed by atoms with van der Waals surface area (Å²) in [6, 6.07) is -1.31. The number of carbonyl (C=O) groups is 4. The smallest absolute Gasteiger partial charge is 0.408 e. The monoisotopic (exact) mass is 632 g/mol. The van der Waals surface area contributed by atoms with Crippen LogP contribution >= 0.6 is 11.3 Å². The minimum absolute atomic E-state index is 0.000218. The molecule has 3 aromatic rings. The second-order valence-corrected chi connectivity index (χ2v) is 12.2. The lowest BCUT2D eigenvalue weighted by Gasteiger charge is -2.21. The van der Waals surface area contributed by atoms with Crippen LogP contribution in [-0.2, 0) is 16.0 Å². The van der Waals surface area contributed by atoms with Gasteiger partial charge in [0.05, 0.1) is 13.7 Å². The number of alkyl carbamates (subject to hydrolysis) is 1. The van der Waals surface area contributed by atoms with Crippen LogP contribution in [0.25, 0.3) is 0 Å². The number of nitrogens with one attached hydrogen (secondary N) is 3. The number of thiazole rings is 1. The number of amides is 3. The first-order chi connectivity index (χ1) is 20.8. The van der Waals surface area contributed by atoms with Crippen molar-refractivity contribution < 1.29 is 37.5 Å². The molecule has 3 heterocycles. The highest BCUT2D eigenvalue weighted by Crippen LogP contribution is 2.27. The maximum atomic E-state index is 13.2. The van der Waals surface area contributed by atoms with E-state index in [0.29, 0.717) is 17.8 Å². The Hall–Kier alpha value is -4.27. The normalized spacial score (nSPS) is 14.2. The van der Waals surface area contributed by atoms with Crippen LogP contribution in [0.15, 0.2) is 26.7 Å². The number of oxazole rings is 2. The highest BCUT2D eigenvalue weighted by Gasteiger charge is 2.31. The summed E-state index contributed by atoms with van der Waals surface area (Å²) in [5, 5.41) is 10.5. The number of nitrogens with zero attached hydrogens (tertiary/aromatic N) is 3. The van der Waals surface area contributed by atoms with Gasteiger partial charge in [0.2, 0.25) is 11.8 Å². The topological polar surface area (TPSA) is 188 Å². The minimum atomic E-state index is -0.654. The first kappa shape index (κ1) is 34.2. The molecule has 3 amide bonds. The lowest BCUT2D eigenvalue weighted by Crippen LogP contribution is -2.34. The van der Waals surface area contributed by atoms with Crippen LogP contribution in [0, 0.1) is 11.8 Å². The molecular weight excluding hydrogens is 592 g/mol. The van der Waals surface area contributed by atoms with Crippen molar-refractivity contribution in [3.8, 4) is 0 Å². The van der Waals surface area contributed by atoms with E-state index in [1.54, 1.807) is 26.2 Å². The number of methoxy groups -OCH3 is 1. The van der Waals surface area contributed by atoms with Crippen molar-refractivity contribution in [3.63, 3.8) is 0 Å². The molecule has 4 atom stereocenters. The summed E-state index contributed by atoms with van der Waals surface area (Å²) in [5.74, 6) is -1.53. The van der Waals surface area contributed by atoms with Crippen LogP contribution in [0.1, 0.15) is 122 Å². The van der Waals surface area contributed by atoms with Crippen LogP contribution in [0.4, 0.5) is 4.79 Å². The van der Waals surface area contributed by atoms with Gasteiger partial charge < -0.3 is 34.3 Å². The molecule has 0 aliphatic carbocycles. The molecule has 0 saturated carbocycles. The van der Waals surface area contributed by atoms with E-state index < -0.39 is 41.6 Å². The number of carbonyl (C=O) groups excluding carboxylic acids is 4. The van der Waals surface area contributed by atoms with Crippen molar-refractivity contribution in [3.05, 3.63) is 51.8 Å². The Labute approximate surface area is 259 Å². The molecule has 0 aliphatic rings. The molecule has 3 aromatic heterocycles. The average Bonchev–Trinajstić information content (AvgIpc) is 3.76. The van der Waals surface area contributed by atoms with Gasteiger partial charge in [-0.05, 0) is 32.6 Å². The molecular formula is C29H40N6O8S. The maximum Gasteiger partial charge on any atom is 0.408 e. The fourth-order valence-electron chi connectivity index (χ4n) is 3.92. The summed E-state index contributed by atoms with van der Waals surface area (Å²) >= 11 is 1.22. The van der Waals surface area contributed by atoms with Gasteiger partial charge in [-0.3, -0.25) is 9.59 Å². The lowest BCUT2D eigenvalue weighted by atomic mass is 9.98. The van der Waals surface area contributed by atoms with E-state index in [4.69, 9.17) is 13.6 Å². The molecule has 0 saturated heterocycles. The predicted octanol–water partition coefficient (Wildman–Crippen LogP) is 4.96. The summed E-state index contributed by atoms with van der Waals surface area (Å²) < 4.78 is 21.1. The standard InChI is InChI=1S/C29H40N6O8S/c1-9-15(3)21(35-24(37)19-14-44-20(31-19)11-30-28(39)43-29(5,6)7)25-32-17(12-41-25)23(36)34-22(16(4)10-2)26-33-18(13-42-26)27(38)40-8/h12-16,21-22H,9-11H2,1-8H3,(H,30,39)(H,34,36)(H,35,37)/t15-,16-,21-,22-/m0/s1.